The van der Waals surface area contributed by atoms with Crippen LogP contribution in [-0.4, -0.2) is 54.0 Å². The molecule has 198 valence electrons. The molecular weight excluding hydrogens is 468 g/mol. The van der Waals surface area contributed by atoms with Crippen LogP contribution in [-0.2, 0) is 21.0 Å². The molecule has 0 aliphatic heterocycles. The van der Waals surface area contributed by atoms with Gasteiger partial charge in [-0.25, -0.2) is 4.79 Å². The molecular formula is C23H36N8O5. The van der Waals surface area contributed by atoms with E-state index in [1.54, 1.807) is 38.1 Å². The van der Waals surface area contributed by atoms with Crippen molar-refractivity contribution in [2.45, 2.75) is 64.6 Å². The highest BCUT2D eigenvalue weighted by atomic mass is 16.3. The first-order valence-corrected chi connectivity index (χ1v) is 11.8. The van der Waals surface area contributed by atoms with Gasteiger partial charge in [-0.05, 0) is 54.8 Å². The van der Waals surface area contributed by atoms with Gasteiger partial charge in [-0.3, -0.25) is 14.4 Å². The van der Waals surface area contributed by atoms with Crippen LogP contribution in [0, 0.1) is 5.92 Å². The van der Waals surface area contributed by atoms with Crippen LogP contribution >= 0.6 is 0 Å². The van der Waals surface area contributed by atoms with Gasteiger partial charge in [0.15, 0.2) is 0 Å². The van der Waals surface area contributed by atoms with Crippen molar-refractivity contribution in [2.24, 2.45) is 16.8 Å². The van der Waals surface area contributed by atoms with Crippen molar-refractivity contribution in [2.75, 3.05) is 18.4 Å². The van der Waals surface area contributed by atoms with E-state index in [4.69, 9.17) is 11.3 Å². The van der Waals surface area contributed by atoms with E-state index in [-0.39, 0.29) is 37.8 Å². The van der Waals surface area contributed by atoms with E-state index < -0.39 is 29.9 Å². The first kappa shape index (κ1) is 30.2. The highest BCUT2D eigenvalue weighted by molar-refractivity contribution is 5.98. The summed E-state index contributed by atoms with van der Waals surface area (Å²) in [6, 6.07) is 4.11. The van der Waals surface area contributed by atoms with Gasteiger partial charge >= 0.3 is 6.03 Å². The minimum atomic E-state index is -0.938. The highest BCUT2D eigenvalue weighted by Crippen LogP contribution is 2.12. The van der Waals surface area contributed by atoms with Gasteiger partial charge in [-0.1, -0.05) is 31.1 Å². The molecule has 7 N–H and O–H groups in total. The van der Waals surface area contributed by atoms with Crippen LogP contribution in [0.15, 0.2) is 29.4 Å². The number of anilines is 1. The van der Waals surface area contributed by atoms with Gasteiger partial charge in [0.2, 0.25) is 17.7 Å². The molecule has 0 aromatic heterocycles. The fourth-order valence-electron chi connectivity index (χ4n) is 3.26. The Morgan fingerprint density at radius 1 is 1.06 bits per heavy atom. The number of unbranched alkanes of at least 4 members (excludes halogenated alkanes) is 1. The maximum atomic E-state index is 13.0. The lowest BCUT2D eigenvalue weighted by Gasteiger charge is -2.25. The topological polar surface area (TPSA) is 211 Å². The van der Waals surface area contributed by atoms with E-state index in [1.807, 2.05) is 0 Å². The number of benzene rings is 1. The fraction of sp³-hybridized carbons (Fsp3) is 0.565. The lowest BCUT2D eigenvalue weighted by atomic mass is 10.0. The van der Waals surface area contributed by atoms with Crippen LogP contribution in [0.2, 0.25) is 0 Å². The predicted molar refractivity (Wildman–Crippen MR) is 134 cm³/mol. The summed E-state index contributed by atoms with van der Waals surface area (Å²) in [5, 5.41) is 23.2. The molecule has 0 aliphatic carbocycles. The molecule has 0 radical (unpaired) electrons. The molecule has 0 saturated carbocycles. The summed E-state index contributed by atoms with van der Waals surface area (Å²) in [5.41, 5.74) is 14.5. The zero-order valence-corrected chi connectivity index (χ0v) is 20.7. The van der Waals surface area contributed by atoms with E-state index in [2.05, 4.69) is 31.3 Å². The molecule has 0 aliphatic rings. The third-order valence-corrected chi connectivity index (χ3v) is 5.25. The number of nitrogens with one attached hydrogen (secondary N) is 4. The largest absolute Gasteiger partial charge is 0.392 e. The molecule has 1 aromatic rings. The number of aliphatic hydroxyl groups is 1. The third-order valence-electron chi connectivity index (χ3n) is 5.25. The van der Waals surface area contributed by atoms with Crippen LogP contribution in [0.1, 0.15) is 51.5 Å². The molecule has 13 nitrogen and oxygen atoms in total. The average molecular weight is 505 g/mol. The molecule has 36 heavy (non-hydrogen) atoms. The standard InChI is InChI=1S/C23H36N8O5/c1-15(2)20(30-19(33)7-3-4-13-27-31-25)22(35)29-18(6-5-12-26-23(24)36)21(34)28-17-10-8-16(14-32)9-11-17/h8-11,15,18,20,32H,3-7,12-14H2,1-2H3,(H,28,34)(H,29,35)(H,30,33)(H3,24,26,36)/t18-,20-/m0/s1. The molecule has 2 atom stereocenters. The Kier molecular flexibility index (Phi) is 14.0. The number of nitrogens with two attached hydrogens (primary N) is 1. The Hall–Kier alpha value is -3.83. The summed E-state index contributed by atoms with van der Waals surface area (Å²) in [5.74, 6) is -1.54. The summed E-state index contributed by atoms with van der Waals surface area (Å²) in [4.78, 5) is 51.9. The average Bonchev–Trinajstić information content (AvgIpc) is 2.84. The SMILES string of the molecule is CC(C)[C@H](NC(=O)CCCCN=[N+]=[N-])C(=O)N[C@@H](CCCNC(N)=O)C(=O)Nc1ccc(CO)cc1. The van der Waals surface area contributed by atoms with Crippen molar-refractivity contribution >= 4 is 29.4 Å². The summed E-state index contributed by atoms with van der Waals surface area (Å²) >= 11 is 0. The summed E-state index contributed by atoms with van der Waals surface area (Å²) in [7, 11) is 0. The van der Waals surface area contributed by atoms with Gasteiger partial charge < -0.3 is 32.1 Å². The monoisotopic (exact) mass is 504 g/mol. The number of hydrogen-bond donors (Lipinski definition) is 6. The minimum absolute atomic E-state index is 0.129. The van der Waals surface area contributed by atoms with E-state index in [1.165, 1.54) is 0 Å². The molecule has 1 rings (SSSR count). The Morgan fingerprint density at radius 2 is 1.75 bits per heavy atom. The number of amides is 5. The predicted octanol–water partition coefficient (Wildman–Crippen LogP) is 1.67. The fourth-order valence-corrected chi connectivity index (χ4v) is 3.26. The Morgan fingerprint density at radius 3 is 2.33 bits per heavy atom. The lowest BCUT2D eigenvalue weighted by molar-refractivity contribution is -0.132. The third kappa shape index (κ3) is 12.0. The second-order valence-electron chi connectivity index (χ2n) is 8.54. The van der Waals surface area contributed by atoms with E-state index in [9.17, 15) is 24.3 Å². The summed E-state index contributed by atoms with van der Waals surface area (Å²) in [6.07, 6.45) is 1.81. The molecule has 1 aromatic carbocycles. The number of urea groups is 1. The number of azide groups is 1. The number of primary amides is 1. The van der Waals surface area contributed by atoms with Crippen molar-refractivity contribution in [1.29, 1.82) is 0 Å². The van der Waals surface area contributed by atoms with Crippen LogP contribution < -0.4 is 27.0 Å². The molecule has 0 heterocycles. The van der Waals surface area contributed by atoms with Crippen molar-refractivity contribution in [1.82, 2.24) is 16.0 Å². The molecule has 13 heteroatoms. The van der Waals surface area contributed by atoms with Crippen molar-refractivity contribution in [3.8, 4) is 0 Å². The number of nitrogens with zero attached hydrogens (tertiary/aromatic N) is 3. The molecule has 0 fully saturated rings. The molecule has 0 saturated heterocycles. The number of carbonyl (C=O) groups excluding carboxylic acids is 4. The maximum absolute atomic E-state index is 13.0. The Balaban J connectivity index is 2.83. The number of rotatable bonds is 16. The van der Waals surface area contributed by atoms with Crippen molar-refractivity contribution in [3.05, 3.63) is 40.3 Å². The second-order valence-corrected chi connectivity index (χ2v) is 8.54. The smallest absolute Gasteiger partial charge is 0.312 e. The molecule has 0 bridgehead atoms. The van der Waals surface area contributed by atoms with Gasteiger partial charge in [0.1, 0.15) is 12.1 Å². The van der Waals surface area contributed by atoms with E-state index in [0.29, 0.717) is 37.1 Å². The van der Waals surface area contributed by atoms with Crippen molar-refractivity contribution in [3.63, 3.8) is 0 Å². The number of carbonyl (C=O) groups is 4. The molecule has 0 spiro atoms. The van der Waals surface area contributed by atoms with Gasteiger partial charge in [-0.15, -0.1) is 0 Å². The molecule has 5 amide bonds. The van der Waals surface area contributed by atoms with Crippen LogP contribution in [0.4, 0.5) is 10.5 Å². The van der Waals surface area contributed by atoms with Gasteiger partial charge in [0.05, 0.1) is 6.61 Å². The lowest BCUT2D eigenvalue weighted by Crippen LogP contribution is -2.54. The zero-order valence-electron chi connectivity index (χ0n) is 20.7. The van der Waals surface area contributed by atoms with E-state index in [0.717, 1.165) is 0 Å². The number of hydrogen-bond acceptors (Lipinski definition) is 6. The van der Waals surface area contributed by atoms with Gasteiger partial charge in [0.25, 0.3) is 0 Å². The Bertz CT molecular complexity index is 916. The van der Waals surface area contributed by atoms with Crippen LogP contribution in [0.5, 0.6) is 0 Å². The normalized spacial score (nSPS) is 12.1. The second kappa shape index (κ2) is 16.7. The van der Waals surface area contributed by atoms with E-state index >= 15 is 0 Å². The van der Waals surface area contributed by atoms with Gasteiger partial charge in [-0.2, -0.15) is 0 Å². The summed E-state index contributed by atoms with van der Waals surface area (Å²) < 4.78 is 0. The Labute approximate surface area is 210 Å². The van der Waals surface area contributed by atoms with Crippen LogP contribution in [0.3, 0.4) is 0 Å². The maximum Gasteiger partial charge on any atom is 0.312 e. The quantitative estimate of drug-likeness (QED) is 0.0855. The highest BCUT2D eigenvalue weighted by Gasteiger charge is 2.28. The number of aliphatic hydroxyl groups excluding tert-OH is 1. The first-order valence-electron chi connectivity index (χ1n) is 11.8. The first-order chi connectivity index (χ1) is 17.2. The van der Waals surface area contributed by atoms with Crippen LogP contribution in [0.25, 0.3) is 10.4 Å². The molecule has 0 unspecified atom stereocenters. The zero-order chi connectivity index (χ0) is 26.9. The minimum Gasteiger partial charge on any atom is -0.392 e. The van der Waals surface area contributed by atoms with Gasteiger partial charge in [0, 0.05) is 30.1 Å². The summed E-state index contributed by atoms with van der Waals surface area (Å²) in [6.45, 7) is 3.94. The van der Waals surface area contributed by atoms with Crippen molar-refractivity contribution < 1.29 is 24.3 Å².